The number of benzene rings is 1. The predicted molar refractivity (Wildman–Crippen MR) is 71.6 cm³/mol. The number of aryl methyl sites for hydroxylation is 1. The molecule has 0 aliphatic heterocycles. The average molecular weight is 251 g/mol. The summed E-state index contributed by atoms with van der Waals surface area (Å²) in [6.07, 6.45) is -0.521. The van der Waals surface area contributed by atoms with E-state index in [4.69, 9.17) is 9.47 Å². The second-order valence-electron chi connectivity index (χ2n) is 3.94. The highest BCUT2D eigenvalue weighted by Gasteiger charge is 2.15. The first-order valence-electron chi connectivity index (χ1n) is 6.24. The van der Waals surface area contributed by atoms with Crippen LogP contribution in [0, 0.1) is 6.92 Å². The summed E-state index contributed by atoms with van der Waals surface area (Å²) in [6.45, 7) is 8.33. The number of carbonyl (C=O) groups is 1. The van der Waals surface area contributed by atoms with Crippen LogP contribution in [0.15, 0.2) is 24.3 Å². The Labute approximate surface area is 108 Å². The van der Waals surface area contributed by atoms with Crippen LogP contribution in [0.2, 0.25) is 0 Å². The van der Waals surface area contributed by atoms with Gasteiger partial charge in [-0.15, -0.1) is 0 Å². The molecule has 4 nitrogen and oxygen atoms in total. The molecule has 0 aromatic heterocycles. The Morgan fingerprint density at radius 2 is 2.06 bits per heavy atom. The van der Waals surface area contributed by atoms with Gasteiger partial charge in [0.15, 0.2) is 0 Å². The number of hydrogen-bond acceptors (Lipinski definition) is 4. The number of para-hydroxylation sites is 1. The van der Waals surface area contributed by atoms with Crippen molar-refractivity contribution in [3.63, 3.8) is 0 Å². The second-order valence-corrected chi connectivity index (χ2v) is 3.94. The molecule has 0 amide bonds. The van der Waals surface area contributed by atoms with Gasteiger partial charge in [0, 0.05) is 18.8 Å². The molecule has 4 heteroatoms. The van der Waals surface area contributed by atoms with Crippen molar-refractivity contribution < 1.29 is 14.3 Å². The maximum Gasteiger partial charge on any atom is 0.295 e. The first kappa shape index (κ1) is 14.5. The summed E-state index contributed by atoms with van der Waals surface area (Å²) in [4.78, 5) is 12.6. The Hall–Kier alpha value is -1.55. The van der Waals surface area contributed by atoms with Crippen LogP contribution in [0.5, 0.6) is 0 Å². The molecule has 0 spiro atoms. The third kappa shape index (κ3) is 4.04. The van der Waals surface area contributed by atoms with Gasteiger partial charge in [0.25, 0.3) is 6.47 Å². The van der Waals surface area contributed by atoms with Gasteiger partial charge in [-0.1, -0.05) is 18.2 Å². The van der Waals surface area contributed by atoms with Gasteiger partial charge in [-0.25, -0.2) is 0 Å². The minimum absolute atomic E-state index is 0.437. The van der Waals surface area contributed by atoms with Crippen molar-refractivity contribution in [2.45, 2.75) is 27.1 Å². The largest absolute Gasteiger partial charge is 0.436 e. The molecule has 0 saturated heterocycles. The molecular weight excluding hydrogens is 230 g/mol. The lowest BCUT2D eigenvalue weighted by Crippen LogP contribution is -2.35. The molecule has 0 heterocycles. The summed E-state index contributed by atoms with van der Waals surface area (Å²) in [5.41, 5.74) is 2.33. The normalized spacial score (nSPS) is 11.9. The molecule has 0 fully saturated rings. The molecule has 1 aromatic carbocycles. The van der Waals surface area contributed by atoms with Gasteiger partial charge in [0.05, 0.1) is 6.54 Å². The van der Waals surface area contributed by atoms with E-state index in [9.17, 15) is 4.79 Å². The summed E-state index contributed by atoms with van der Waals surface area (Å²) in [5, 5.41) is 0. The van der Waals surface area contributed by atoms with Crippen LogP contribution in [0.3, 0.4) is 0 Å². The molecule has 0 aliphatic rings. The van der Waals surface area contributed by atoms with Crippen LogP contribution in [0.25, 0.3) is 0 Å². The van der Waals surface area contributed by atoms with Crippen molar-refractivity contribution in [2.24, 2.45) is 0 Å². The number of anilines is 1. The van der Waals surface area contributed by atoms with E-state index in [0.29, 0.717) is 19.6 Å². The van der Waals surface area contributed by atoms with Gasteiger partial charge >= 0.3 is 0 Å². The van der Waals surface area contributed by atoms with Gasteiger partial charge in [-0.2, -0.15) is 0 Å². The van der Waals surface area contributed by atoms with Crippen molar-refractivity contribution in [3.8, 4) is 0 Å². The van der Waals surface area contributed by atoms with E-state index >= 15 is 0 Å². The molecule has 1 atom stereocenters. The lowest BCUT2D eigenvalue weighted by Gasteiger charge is -2.28. The lowest BCUT2D eigenvalue weighted by atomic mass is 10.2. The van der Waals surface area contributed by atoms with Gasteiger partial charge in [-0.3, -0.25) is 4.79 Å². The first-order chi connectivity index (χ1) is 8.72. The standard InChI is InChI=1S/C14H21NO3/c1-4-15(10-14(17-5-2)18-11-16)13-9-7-6-8-12(13)3/h6-9,11,14H,4-5,10H2,1-3H3. The van der Waals surface area contributed by atoms with E-state index in [1.165, 1.54) is 5.56 Å². The minimum Gasteiger partial charge on any atom is -0.436 e. The Bertz CT molecular complexity index is 368. The molecule has 1 rings (SSSR count). The second kappa shape index (κ2) is 7.71. The third-order valence-corrected chi connectivity index (χ3v) is 2.77. The number of ether oxygens (including phenoxy) is 2. The highest BCUT2D eigenvalue weighted by molar-refractivity contribution is 5.53. The Balaban J connectivity index is 2.76. The third-order valence-electron chi connectivity index (χ3n) is 2.77. The highest BCUT2D eigenvalue weighted by Crippen LogP contribution is 2.19. The molecule has 1 aromatic rings. The molecule has 0 N–H and O–H groups in total. The lowest BCUT2D eigenvalue weighted by molar-refractivity contribution is -0.160. The summed E-state index contributed by atoms with van der Waals surface area (Å²) in [7, 11) is 0. The molecule has 0 saturated carbocycles. The van der Waals surface area contributed by atoms with Crippen molar-refractivity contribution in [1.29, 1.82) is 0 Å². The predicted octanol–water partition coefficient (Wildman–Crippen LogP) is 2.36. The van der Waals surface area contributed by atoms with Crippen LogP contribution in [0.1, 0.15) is 19.4 Å². The smallest absolute Gasteiger partial charge is 0.295 e. The number of carbonyl (C=O) groups excluding carboxylic acids is 1. The average Bonchev–Trinajstić information content (AvgIpc) is 2.37. The van der Waals surface area contributed by atoms with E-state index in [1.54, 1.807) is 0 Å². The van der Waals surface area contributed by atoms with Crippen LogP contribution in [0.4, 0.5) is 5.69 Å². The Kier molecular flexibility index (Phi) is 6.22. The van der Waals surface area contributed by atoms with E-state index in [0.717, 1.165) is 12.2 Å². The van der Waals surface area contributed by atoms with Crippen LogP contribution < -0.4 is 4.90 Å². The summed E-state index contributed by atoms with van der Waals surface area (Å²) >= 11 is 0. The summed E-state index contributed by atoms with van der Waals surface area (Å²) in [6, 6.07) is 8.13. The van der Waals surface area contributed by atoms with Crippen molar-refractivity contribution in [1.82, 2.24) is 0 Å². The fourth-order valence-electron chi connectivity index (χ4n) is 1.88. The van der Waals surface area contributed by atoms with Crippen molar-refractivity contribution in [2.75, 3.05) is 24.6 Å². The molecule has 0 bridgehead atoms. The molecule has 0 radical (unpaired) electrons. The maximum atomic E-state index is 10.4. The summed E-state index contributed by atoms with van der Waals surface area (Å²) < 4.78 is 10.3. The van der Waals surface area contributed by atoms with Gasteiger partial charge in [0.1, 0.15) is 0 Å². The molecule has 100 valence electrons. The van der Waals surface area contributed by atoms with E-state index < -0.39 is 6.29 Å². The molecule has 0 aliphatic carbocycles. The van der Waals surface area contributed by atoms with Crippen LogP contribution >= 0.6 is 0 Å². The van der Waals surface area contributed by atoms with Gasteiger partial charge in [-0.05, 0) is 32.4 Å². The van der Waals surface area contributed by atoms with Crippen LogP contribution in [-0.4, -0.2) is 32.5 Å². The van der Waals surface area contributed by atoms with E-state index in [-0.39, 0.29) is 0 Å². The van der Waals surface area contributed by atoms with Crippen molar-refractivity contribution >= 4 is 12.2 Å². The molecule has 1 unspecified atom stereocenters. The maximum absolute atomic E-state index is 10.4. The fourth-order valence-corrected chi connectivity index (χ4v) is 1.88. The SMILES string of the molecule is CCOC(CN(CC)c1ccccc1C)OC=O. The monoisotopic (exact) mass is 251 g/mol. The van der Waals surface area contributed by atoms with Gasteiger partial charge in [0.2, 0.25) is 6.29 Å². The number of rotatable bonds is 8. The zero-order valence-electron chi connectivity index (χ0n) is 11.3. The Morgan fingerprint density at radius 1 is 1.33 bits per heavy atom. The van der Waals surface area contributed by atoms with Gasteiger partial charge < -0.3 is 14.4 Å². The van der Waals surface area contributed by atoms with Crippen molar-refractivity contribution in [3.05, 3.63) is 29.8 Å². The number of likely N-dealkylation sites (N-methyl/N-ethyl adjacent to an activating group) is 1. The molecular formula is C14H21NO3. The highest BCUT2D eigenvalue weighted by atomic mass is 16.7. The number of hydrogen-bond donors (Lipinski definition) is 0. The van der Waals surface area contributed by atoms with E-state index in [2.05, 4.69) is 30.9 Å². The fraction of sp³-hybridized carbons (Fsp3) is 0.500. The van der Waals surface area contributed by atoms with E-state index in [1.807, 2.05) is 19.1 Å². The van der Waals surface area contributed by atoms with Crippen LogP contribution in [-0.2, 0) is 14.3 Å². The zero-order chi connectivity index (χ0) is 13.4. The molecule has 18 heavy (non-hydrogen) atoms. The Morgan fingerprint density at radius 3 is 2.61 bits per heavy atom. The summed E-state index contributed by atoms with van der Waals surface area (Å²) in [5.74, 6) is 0. The quantitative estimate of drug-likeness (QED) is 0.525. The first-order valence-corrected chi connectivity index (χ1v) is 6.24. The topological polar surface area (TPSA) is 38.8 Å². The number of nitrogens with zero attached hydrogens (tertiary/aromatic N) is 1. The minimum atomic E-state index is -0.521. The zero-order valence-corrected chi connectivity index (χ0v) is 11.3.